The first-order valence-corrected chi connectivity index (χ1v) is 9.47. The molecule has 4 rings (SSSR count). The minimum absolute atomic E-state index is 0.982. The number of rotatable bonds is 3. The summed E-state index contributed by atoms with van der Waals surface area (Å²) in [4.78, 5) is 6.09. The van der Waals surface area contributed by atoms with Crippen molar-refractivity contribution >= 4 is 17.0 Å². The van der Waals surface area contributed by atoms with Crippen molar-refractivity contribution in [2.75, 3.05) is 0 Å². The molecule has 0 saturated carbocycles. The van der Waals surface area contributed by atoms with Crippen molar-refractivity contribution < 1.29 is 0 Å². The molecule has 3 aromatic carbocycles. The van der Waals surface area contributed by atoms with Crippen LogP contribution in [-0.2, 0) is 0 Å². The van der Waals surface area contributed by atoms with Crippen molar-refractivity contribution in [3.05, 3.63) is 107 Å². The molecule has 4 aromatic rings. The van der Waals surface area contributed by atoms with E-state index < -0.39 is 0 Å². The van der Waals surface area contributed by atoms with Crippen LogP contribution in [0.1, 0.15) is 5.56 Å². The Bertz CT molecular complexity index is 1000. The molecular weight excluding hydrogens is 334 g/mol. The zero-order valence-electron chi connectivity index (χ0n) is 14.6. The average Bonchev–Trinajstić information content (AvgIpc) is 2.71. The van der Waals surface area contributed by atoms with Crippen LogP contribution >= 0.6 is 11.3 Å². The van der Waals surface area contributed by atoms with Gasteiger partial charge < -0.3 is 0 Å². The van der Waals surface area contributed by atoms with E-state index >= 15 is 0 Å². The van der Waals surface area contributed by atoms with Crippen LogP contribution < -0.4 is 4.67 Å². The van der Waals surface area contributed by atoms with Gasteiger partial charge >= 0.3 is 0 Å². The highest BCUT2D eigenvalue weighted by Gasteiger charge is 2.04. The van der Waals surface area contributed by atoms with Gasteiger partial charge in [-0.1, -0.05) is 78.4 Å². The normalized spacial score (nSPS) is 11.5. The van der Waals surface area contributed by atoms with Crippen molar-refractivity contribution in [1.82, 2.24) is 0 Å². The molecule has 0 N–H and O–H groups in total. The zero-order chi connectivity index (χ0) is 17.8. The molecule has 1 aromatic heterocycles. The van der Waals surface area contributed by atoms with Gasteiger partial charge in [-0.3, -0.25) is 0 Å². The van der Waals surface area contributed by atoms with E-state index in [0.717, 1.165) is 10.4 Å². The topological polar surface area (TPSA) is 12.4 Å². The standard InChI is InChI=1S/C24H19NS/c1-18-12-14-22(15-13-18)25-24-17-21(19-8-4-2-5-9-19)16-23(26-24)20-10-6-3-7-11-20/h2-17H,1H3. The molecule has 0 bridgehead atoms. The van der Waals surface area contributed by atoms with Crippen LogP contribution in [0.4, 0.5) is 5.69 Å². The molecule has 26 heavy (non-hydrogen) atoms. The zero-order valence-corrected chi connectivity index (χ0v) is 15.4. The summed E-state index contributed by atoms with van der Waals surface area (Å²) in [6, 6.07) is 33.7. The van der Waals surface area contributed by atoms with Gasteiger partial charge in [0, 0.05) is 4.88 Å². The van der Waals surface area contributed by atoms with Crippen LogP contribution in [-0.4, -0.2) is 0 Å². The van der Waals surface area contributed by atoms with E-state index in [-0.39, 0.29) is 0 Å². The number of hydrogen-bond donors (Lipinski definition) is 0. The van der Waals surface area contributed by atoms with Crippen molar-refractivity contribution in [3.8, 4) is 21.6 Å². The fourth-order valence-electron chi connectivity index (χ4n) is 2.83. The van der Waals surface area contributed by atoms with Crippen LogP contribution in [0.5, 0.6) is 0 Å². The molecule has 0 unspecified atom stereocenters. The molecule has 0 spiro atoms. The second-order valence-corrected chi connectivity index (χ2v) is 7.29. The minimum atomic E-state index is 0.982. The molecule has 0 fully saturated rings. The number of hydrogen-bond acceptors (Lipinski definition) is 2. The third-order valence-corrected chi connectivity index (χ3v) is 5.21. The molecule has 2 heteroatoms. The number of nitrogens with zero attached hydrogens (tertiary/aromatic N) is 1. The first-order chi connectivity index (χ1) is 12.8. The van der Waals surface area contributed by atoms with Gasteiger partial charge in [0.1, 0.15) is 4.67 Å². The monoisotopic (exact) mass is 353 g/mol. The van der Waals surface area contributed by atoms with Gasteiger partial charge in [0.15, 0.2) is 0 Å². The van der Waals surface area contributed by atoms with E-state index in [1.54, 1.807) is 11.3 Å². The maximum Gasteiger partial charge on any atom is 0.117 e. The van der Waals surface area contributed by atoms with Crippen LogP contribution in [0, 0.1) is 6.92 Å². The number of aryl methyl sites for hydroxylation is 1. The van der Waals surface area contributed by atoms with Gasteiger partial charge in [0.2, 0.25) is 0 Å². The Hall–Kier alpha value is -2.97. The first kappa shape index (κ1) is 16.5. The lowest BCUT2D eigenvalue weighted by molar-refractivity contribution is 1.38. The Kier molecular flexibility index (Phi) is 4.76. The molecular formula is C24H19NS. The fraction of sp³-hybridized carbons (Fsp3) is 0.0417. The summed E-state index contributed by atoms with van der Waals surface area (Å²) in [5.41, 5.74) is 5.84. The van der Waals surface area contributed by atoms with Crippen LogP contribution in [0.3, 0.4) is 0 Å². The quantitative estimate of drug-likeness (QED) is 0.392. The summed E-state index contributed by atoms with van der Waals surface area (Å²) >= 11 is 1.72. The average molecular weight is 353 g/mol. The molecule has 0 radical (unpaired) electrons. The molecule has 1 nitrogen and oxygen atoms in total. The smallest absolute Gasteiger partial charge is 0.117 e. The Morgan fingerprint density at radius 1 is 0.615 bits per heavy atom. The van der Waals surface area contributed by atoms with Crippen LogP contribution in [0.2, 0.25) is 0 Å². The van der Waals surface area contributed by atoms with Gasteiger partial charge in [-0.2, -0.15) is 0 Å². The third kappa shape index (κ3) is 3.81. The highest BCUT2D eigenvalue weighted by atomic mass is 32.1. The number of benzene rings is 3. The maximum absolute atomic E-state index is 4.87. The van der Waals surface area contributed by atoms with Crippen molar-refractivity contribution in [1.29, 1.82) is 0 Å². The SMILES string of the molecule is Cc1ccc(N=c2cc(-c3ccccc3)cc(-c3ccccc3)s2)cc1. The molecule has 0 saturated heterocycles. The molecule has 126 valence electrons. The van der Waals surface area contributed by atoms with E-state index in [1.165, 1.54) is 27.1 Å². The molecule has 0 aliphatic heterocycles. The summed E-state index contributed by atoms with van der Waals surface area (Å²) < 4.78 is 1.01. The van der Waals surface area contributed by atoms with Crippen LogP contribution in [0.25, 0.3) is 21.6 Å². The van der Waals surface area contributed by atoms with Gasteiger partial charge in [0.25, 0.3) is 0 Å². The highest BCUT2D eigenvalue weighted by molar-refractivity contribution is 7.12. The predicted octanol–water partition coefficient (Wildman–Crippen LogP) is 6.62. The van der Waals surface area contributed by atoms with E-state index in [0.29, 0.717) is 0 Å². The van der Waals surface area contributed by atoms with E-state index in [4.69, 9.17) is 4.99 Å². The Labute approximate surface area is 158 Å². The summed E-state index contributed by atoms with van der Waals surface area (Å²) in [5, 5.41) is 0. The lowest BCUT2D eigenvalue weighted by atomic mass is 10.1. The Morgan fingerprint density at radius 3 is 1.88 bits per heavy atom. The summed E-state index contributed by atoms with van der Waals surface area (Å²) in [6.07, 6.45) is 0. The summed E-state index contributed by atoms with van der Waals surface area (Å²) in [6.45, 7) is 2.09. The van der Waals surface area contributed by atoms with Gasteiger partial charge in [-0.25, -0.2) is 4.99 Å². The predicted molar refractivity (Wildman–Crippen MR) is 112 cm³/mol. The summed E-state index contributed by atoms with van der Waals surface area (Å²) in [5.74, 6) is 0. The molecule has 0 aliphatic carbocycles. The minimum Gasteiger partial charge on any atom is -0.238 e. The second-order valence-electron chi connectivity index (χ2n) is 6.23. The van der Waals surface area contributed by atoms with Crippen molar-refractivity contribution in [2.45, 2.75) is 6.92 Å². The van der Waals surface area contributed by atoms with Crippen LogP contribution in [0.15, 0.2) is 102 Å². The van der Waals surface area contributed by atoms with E-state index in [1.807, 2.05) is 12.1 Å². The molecule has 0 atom stereocenters. The van der Waals surface area contributed by atoms with E-state index in [9.17, 15) is 0 Å². The van der Waals surface area contributed by atoms with Gasteiger partial charge in [0.05, 0.1) is 5.69 Å². The largest absolute Gasteiger partial charge is 0.238 e. The fourth-order valence-corrected chi connectivity index (χ4v) is 3.83. The van der Waals surface area contributed by atoms with E-state index in [2.05, 4.69) is 91.9 Å². The van der Waals surface area contributed by atoms with Crippen molar-refractivity contribution in [2.24, 2.45) is 4.99 Å². The Balaban J connectivity index is 1.89. The Morgan fingerprint density at radius 2 is 1.23 bits per heavy atom. The highest BCUT2D eigenvalue weighted by Crippen LogP contribution is 2.27. The van der Waals surface area contributed by atoms with Crippen molar-refractivity contribution in [3.63, 3.8) is 0 Å². The van der Waals surface area contributed by atoms with Gasteiger partial charge in [-0.15, -0.1) is 11.3 Å². The summed E-state index contributed by atoms with van der Waals surface area (Å²) in [7, 11) is 0. The lowest BCUT2D eigenvalue weighted by Gasteiger charge is -2.06. The molecule has 0 amide bonds. The molecule has 1 heterocycles. The maximum atomic E-state index is 4.87. The first-order valence-electron chi connectivity index (χ1n) is 8.65. The molecule has 0 aliphatic rings. The second kappa shape index (κ2) is 7.51. The van der Waals surface area contributed by atoms with Gasteiger partial charge in [-0.05, 0) is 47.9 Å². The third-order valence-electron chi connectivity index (χ3n) is 4.22. The lowest BCUT2D eigenvalue weighted by Crippen LogP contribution is -1.97.